The van der Waals surface area contributed by atoms with Gasteiger partial charge in [-0.15, -0.1) is 0 Å². The molecule has 0 aliphatic carbocycles. The first kappa shape index (κ1) is 24.7. The third kappa shape index (κ3) is 6.10. The van der Waals surface area contributed by atoms with Gasteiger partial charge in [0.1, 0.15) is 0 Å². The van der Waals surface area contributed by atoms with Gasteiger partial charge in [-0.3, -0.25) is 0 Å². The molecule has 4 nitrogen and oxygen atoms in total. The van der Waals surface area contributed by atoms with E-state index in [1.165, 1.54) is 74.4 Å². The molecule has 170 valence electrons. The average Bonchev–Trinajstić information content (AvgIpc) is 3.50. The molecular formula is C26H32Br2N4. The SMILES string of the molecule is [Br-].[Br-].c1cc(C[n+]2ccc(N3CCCC3)cc2)cc(C[n+]2ccc(N3CCCC3)cc2)c1. The molecular weight excluding hydrogens is 528 g/mol. The van der Waals surface area contributed by atoms with Gasteiger partial charge in [-0.25, -0.2) is 9.13 Å². The van der Waals surface area contributed by atoms with Crippen molar-refractivity contribution in [1.82, 2.24) is 0 Å². The van der Waals surface area contributed by atoms with Crippen LogP contribution in [0, 0.1) is 0 Å². The molecule has 0 saturated carbocycles. The van der Waals surface area contributed by atoms with Gasteiger partial charge in [-0.2, -0.15) is 0 Å². The van der Waals surface area contributed by atoms with Gasteiger partial charge in [0, 0.05) is 72.9 Å². The van der Waals surface area contributed by atoms with Crippen LogP contribution in [0.2, 0.25) is 0 Å². The lowest BCUT2D eigenvalue weighted by molar-refractivity contribution is -0.689. The lowest BCUT2D eigenvalue weighted by atomic mass is 10.1. The van der Waals surface area contributed by atoms with Gasteiger partial charge in [0.05, 0.1) is 0 Å². The Balaban J connectivity index is 0.00000144. The molecule has 2 aliphatic heterocycles. The van der Waals surface area contributed by atoms with Crippen molar-refractivity contribution in [2.24, 2.45) is 0 Å². The number of pyridine rings is 2. The van der Waals surface area contributed by atoms with Crippen molar-refractivity contribution < 1.29 is 43.1 Å². The average molecular weight is 560 g/mol. The Morgan fingerprint density at radius 2 is 0.938 bits per heavy atom. The summed E-state index contributed by atoms with van der Waals surface area (Å²) in [6.07, 6.45) is 14.1. The number of nitrogens with zero attached hydrogens (tertiary/aromatic N) is 4. The summed E-state index contributed by atoms with van der Waals surface area (Å²) in [4.78, 5) is 4.97. The van der Waals surface area contributed by atoms with Crippen molar-refractivity contribution in [3.63, 3.8) is 0 Å². The molecule has 5 rings (SSSR count). The Labute approximate surface area is 213 Å². The number of hydrogen-bond donors (Lipinski definition) is 0. The third-order valence-corrected chi connectivity index (χ3v) is 6.41. The van der Waals surface area contributed by atoms with Crippen molar-refractivity contribution in [1.29, 1.82) is 0 Å². The maximum atomic E-state index is 2.48. The fourth-order valence-corrected chi connectivity index (χ4v) is 4.73. The predicted octanol–water partition coefficient (Wildman–Crippen LogP) is -2.43. The van der Waals surface area contributed by atoms with Crippen LogP contribution in [0.3, 0.4) is 0 Å². The van der Waals surface area contributed by atoms with E-state index < -0.39 is 0 Å². The van der Waals surface area contributed by atoms with E-state index in [2.05, 4.69) is 92.3 Å². The van der Waals surface area contributed by atoms with E-state index in [1.807, 2.05) is 0 Å². The molecule has 0 radical (unpaired) electrons. The Kier molecular flexibility index (Phi) is 9.11. The van der Waals surface area contributed by atoms with Crippen molar-refractivity contribution >= 4 is 11.4 Å². The van der Waals surface area contributed by atoms with Crippen LogP contribution in [0.15, 0.2) is 73.3 Å². The zero-order valence-corrected chi connectivity index (χ0v) is 21.7. The van der Waals surface area contributed by atoms with Crippen molar-refractivity contribution in [3.8, 4) is 0 Å². The summed E-state index contributed by atoms with van der Waals surface area (Å²) < 4.78 is 4.55. The van der Waals surface area contributed by atoms with E-state index in [0.29, 0.717) is 0 Å². The molecule has 0 atom stereocenters. The van der Waals surface area contributed by atoms with Gasteiger partial charge in [0.25, 0.3) is 0 Å². The van der Waals surface area contributed by atoms with Gasteiger partial charge in [-0.1, -0.05) is 18.2 Å². The van der Waals surface area contributed by atoms with Crippen molar-refractivity contribution in [3.05, 3.63) is 84.4 Å². The lowest BCUT2D eigenvalue weighted by Crippen LogP contribution is -3.00. The first-order chi connectivity index (χ1) is 14.8. The second kappa shape index (κ2) is 11.8. The molecule has 3 aromatic rings. The summed E-state index contributed by atoms with van der Waals surface area (Å²) in [6, 6.07) is 18.0. The molecule has 2 aliphatic rings. The molecule has 32 heavy (non-hydrogen) atoms. The Bertz CT molecular complexity index is 887. The number of anilines is 2. The second-order valence-electron chi connectivity index (χ2n) is 8.67. The lowest BCUT2D eigenvalue weighted by Gasteiger charge is -2.16. The number of rotatable bonds is 6. The Hall–Kier alpha value is -1.92. The second-order valence-corrected chi connectivity index (χ2v) is 8.67. The zero-order valence-electron chi connectivity index (χ0n) is 18.5. The molecule has 2 fully saturated rings. The van der Waals surface area contributed by atoms with Gasteiger partial charge in [0.15, 0.2) is 37.9 Å². The minimum absolute atomic E-state index is 0. The quantitative estimate of drug-likeness (QED) is 0.312. The summed E-state index contributed by atoms with van der Waals surface area (Å²) in [5.41, 5.74) is 5.40. The molecule has 0 bridgehead atoms. The van der Waals surface area contributed by atoms with E-state index in [-0.39, 0.29) is 34.0 Å². The minimum Gasteiger partial charge on any atom is -1.00 e. The van der Waals surface area contributed by atoms with Crippen LogP contribution < -0.4 is 52.9 Å². The normalized spacial score (nSPS) is 15.4. The molecule has 2 aromatic heterocycles. The zero-order chi connectivity index (χ0) is 20.2. The van der Waals surface area contributed by atoms with Crippen LogP contribution >= 0.6 is 0 Å². The topological polar surface area (TPSA) is 14.2 Å². The van der Waals surface area contributed by atoms with E-state index in [4.69, 9.17) is 0 Å². The predicted molar refractivity (Wildman–Crippen MR) is 121 cm³/mol. The number of hydrogen-bond acceptors (Lipinski definition) is 2. The number of halogens is 2. The molecule has 0 spiro atoms. The smallest absolute Gasteiger partial charge is 0.173 e. The molecule has 2 saturated heterocycles. The van der Waals surface area contributed by atoms with Crippen LogP contribution in [0.4, 0.5) is 11.4 Å². The molecule has 4 heterocycles. The van der Waals surface area contributed by atoms with Crippen LogP contribution in [0.1, 0.15) is 36.8 Å². The molecule has 0 unspecified atom stereocenters. The Morgan fingerprint density at radius 3 is 1.31 bits per heavy atom. The van der Waals surface area contributed by atoms with E-state index in [0.717, 1.165) is 13.1 Å². The summed E-state index contributed by atoms with van der Waals surface area (Å²) in [7, 11) is 0. The number of benzene rings is 1. The summed E-state index contributed by atoms with van der Waals surface area (Å²) in [5, 5.41) is 0. The monoisotopic (exact) mass is 558 g/mol. The fourth-order valence-electron chi connectivity index (χ4n) is 4.73. The van der Waals surface area contributed by atoms with Gasteiger partial charge in [0.2, 0.25) is 0 Å². The third-order valence-electron chi connectivity index (χ3n) is 6.41. The van der Waals surface area contributed by atoms with Crippen LogP contribution in [-0.2, 0) is 13.1 Å². The first-order valence-electron chi connectivity index (χ1n) is 11.4. The van der Waals surface area contributed by atoms with Gasteiger partial charge in [-0.05, 0) is 31.7 Å². The summed E-state index contributed by atoms with van der Waals surface area (Å²) in [6.45, 7) is 6.61. The maximum absolute atomic E-state index is 2.48. The fraction of sp³-hybridized carbons (Fsp3) is 0.385. The first-order valence-corrected chi connectivity index (χ1v) is 11.4. The minimum atomic E-state index is 0. The maximum Gasteiger partial charge on any atom is 0.173 e. The number of aromatic nitrogens is 2. The van der Waals surface area contributed by atoms with E-state index in [9.17, 15) is 0 Å². The molecule has 0 amide bonds. The highest BCUT2D eigenvalue weighted by molar-refractivity contribution is 5.45. The largest absolute Gasteiger partial charge is 1.00 e. The van der Waals surface area contributed by atoms with E-state index >= 15 is 0 Å². The highest BCUT2D eigenvalue weighted by Crippen LogP contribution is 2.19. The molecule has 1 aromatic carbocycles. The molecule has 0 N–H and O–H groups in total. The highest BCUT2D eigenvalue weighted by atomic mass is 79.9. The van der Waals surface area contributed by atoms with Crippen LogP contribution in [0.5, 0.6) is 0 Å². The standard InChI is InChI=1S/C26H32N4.2BrH/c1-2-13-29(12-1)25-8-16-27(17-9-25)21-23-6-5-7-24(20-23)22-28-18-10-26(11-19-28)30-14-3-4-15-30;;/h5-11,16-20H,1-4,12-15,21-22H2;2*1H/q+2;;/p-2. The van der Waals surface area contributed by atoms with Crippen LogP contribution in [-0.4, -0.2) is 26.2 Å². The van der Waals surface area contributed by atoms with Gasteiger partial charge >= 0.3 is 0 Å². The van der Waals surface area contributed by atoms with Gasteiger partial charge < -0.3 is 43.8 Å². The van der Waals surface area contributed by atoms with Crippen molar-refractivity contribution in [2.45, 2.75) is 38.8 Å². The van der Waals surface area contributed by atoms with E-state index in [1.54, 1.807) is 0 Å². The van der Waals surface area contributed by atoms with Crippen LogP contribution in [0.25, 0.3) is 0 Å². The summed E-state index contributed by atoms with van der Waals surface area (Å²) >= 11 is 0. The van der Waals surface area contributed by atoms with Crippen molar-refractivity contribution in [2.75, 3.05) is 36.0 Å². The Morgan fingerprint density at radius 1 is 0.562 bits per heavy atom. The summed E-state index contributed by atoms with van der Waals surface area (Å²) in [5.74, 6) is 0. The highest BCUT2D eigenvalue weighted by Gasteiger charge is 2.15. The molecule has 6 heteroatoms.